The van der Waals surface area contributed by atoms with E-state index in [9.17, 15) is 9.59 Å². The van der Waals surface area contributed by atoms with Gasteiger partial charge in [0.15, 0.2) is 0 Å². The maximum atomic E-state index is 12.7. The first-order chi connectivity index (χ1) is 17.2. The molecule has 0 atom stereocenters. The highest BCUT2D eigenvalue weighted by atomic mass is 16.2. The number of rotatable bonds is 8. The molecule has 7 nitrogen and oxygen atoms in total. The number of aromatic nitrogens is 1. The van der Waals surface area contributed by atoms with E-state index in [-0.39, 0.29) is 11.1 Å². The first-order valence-electron chi connectivity index (χ1n) is 12.0. The number of hydrogen-bond donors (Lipinski definition) is 2. The van der Waals surface area contributed by atoms with Gasteiger partial charge in [-0.1, -0.05) is 76.2 Å². The minimum Gasteiger partial charge on any atom is -0.267 e. The predicted molar refractivity (Wildman–Crippen MR) is 145 cm³/mol. The quantitative estimate of drug-likeness (QED) is 0.328. The van der Waals surface area contributed by atoms with Gasteiger partial charge in [0, 0.05) is 0 Å². The monoisotopic (exact) mass is 483 g/mol. The topological polar surface area (TPSA) is 95.8 Å². The molecule has 2 N–H and O–H groups in total. The molecule has 0 saturated heterocycles. The average molecular weight is 484 g/mol. The van der Waals surface area contributed by atoms with Crippen LogP contribution in [0.4, 0.5) is 0 Å². The first-order valence-corrected chi connectivity index (χ1v) is 12.0. The molecule has 1 heterocycles. The molecule has 0 aliphatic rings. The molecule has 36 heavy (non-hydrogen) atoms. The molecule has 3 rings (SSSR count). The third kappa shape index (κ3) is 6.95. The summed E-state index contributed by atoms with van der Waals surface area (Å²) in [6, 6.07) is 17.5. The summed E-state index contributed by atoms with van der Waals surface area (Å²) in [5, 5.41) is 8.11. The van der Waals surface area contributed by atoms with Gasteiger partial charge in [-0.05, 0) is 54.0 Å². The van der Waals surface area contributed by atoms with Crippen LogP contribution in [0.1, 0.15) is 93.9 Å². The van der Waals surface area contributed by atoms with Crippen LogP contribution < -0.4 is 10.9 Å². The molecule has 1 aromatic heterocycles. The second kappa shape index (κ2) is 12.0. The SMILES string of the molecule is Cc1nc(C)c(C(=O)N/N=C/c2ccc(C(C)C)cc2)cc1C(=O)N/N=C/c1ccc(C(C)C)cc1. The van der Waals surface area contributed by atoms with Gasteiger partial charge in [-0.25, -0.2) is 10.9 Å². The Morgan fingerprint density at radius 3 is 1.39 bits per heavy atom. The van der Waals surface area contributed by atoms with Crippen molar-refractivity contribution in [1.29, 1.82) is 0 Å². The van der Waals surface area contributed by atoms with Crippen LogP contribution in [0.3, 0.4) is 0 Å². The van der Waals surface area contributed by atoms with Crippen molar-refractivity contribution in [2.75, 3.05) is 0 Å². The number of benzene rings is 2. The number of nitrogens with one attached hydrogen (secondary N) is 2. The van der Waals surface area contributed by atoms with Crippen LogP contribution in [-0.4, -0.2) is 29.2 Å². The molecule has 2 amide bonds. The Balaban J connectivity index is 1.66. The summed E-state index contributed by atoms with van der Waals surface area (Å²) >= 11 is 0. The Morgan fingerprint density at radius 1 is 0.694 bits per heavy atom. The lowest BCUT2D eigenvalue weighted by Crippen LogP contribution is -2.23. The Morgan fingerprint density at radius 2 is 1.06 bits per heavy atom. The second-order valence-corrected chi connectivity index (χ2v) is 9.30. The van der Waals surface area contributed by atoms with Crippen LogP contribution in [0.2, 0.25) is 0 Å². The van der Waals surface area contributed by atoms with Crippen LogP contribution >= 0.6 is 0 Å². The highest BCUT2D eigenvalue weighted by molar-refractivity contribution is 6.01. The van der Waals surface area contributed by atoms with Crippen molar-refractivity contribution in [3.05, 3.63) is 99.4 Å². The van der Waals surface area contributed by atoms with E-state index < -0.39 is 11.8 Å². The summed E-state index contributed by atoms with van der Waals surface area (Å²) in [7, 11) is 0. The van der Waals surface area contributed by atoms with Gasteiger partial charge >= 0.3 is 0 Å². The zero-order chi connectivity index (χ0) is 26.2. The van der Waals surface area contributed by atoms with Crippen LogP contribution in [0.5, 0.6) is 0 Å². The number of nitrogens with zero attached hydrogens (tertiary/aromatic N) is 3. The summed E-state index contributed by atoms with van der Waals surface area (Å²) in [5.41, 5.74) is 10.8. The molecule has 2 aromatic carbocycles. The number of hydrogen-bond acceptors (Lipinski definition) is 5. The minimum atomic E-state index is -0.446. The number of amides is 2. The summed E-state index contributed by atoms with van der Waals surface area (Å²) in [5.74, 6) is -0.00204. The zero-order valence-electron chi connectivity index (χ0n) is 21.7. The van der Waals surface area contributed by atoms with Crippen molar-refractivity contribution in [1.82, 2.24) is 15.8 Å². The van der Waals surface area contributed by atoms with Gasteiger partial charge in [-0.2, -0.15) is 10.2 Å². The minimum absolute atomic E-state index is 0.270. The van der Waals surface area contributed by atoms with Crippen molar-refractivity contribution >= 4 is 24.2 Å². The fourth-order valence-corrected chi connectivity index (χ4v) is 3.57. The maximum absolute atomic E-state index is 12.7. The molecular weight excluding hydrogens is 450 g/mol. The summed E-state index contributed by atoms with van der Waals surface area (Å²) in [4.78, 5) is 29.8. The molecule has 186 valence electrons. The van der Waals surface area contributed by atoms with Crippen molar-refractivity contribution in [2.24, 2.45) is 10.2 Å². The van der Waals surface area contributed by atoms with Crippen molar-refractivity contribution in [2.45, 2.75) is 53.4 Å². The van der Waals surface area contributed by atoms with Gasteiger partial charge in [0.05, 0.1) is 34.9 Å². The smallest absolute Gasteiger partial charge is 0.267 e. The average Bonchev–Trinajstić information content (AvgIpc) is 2.84. The molecule has 0 bridgehead atoms. The molecule has 0 radical (unpaired) electrons. The van der Waals surface area contributed by atoms with E-state index in [1.54, 1.807) is 26.3 Å². The number of carbonyl (C=O) groups excluding carboxylic acids is 2. The van der Waals surface area contributed by atoms with E-state index in [0.29, 0.717) is 23.2 Å². The molecular formula is C29H33N5O2. The Kier molecular flexibility index (Phi) is 8.84. The summed E-state index contributed by atoms with van der Waals surface area (Å²) < 4.78 is 0. The molecule has 0 saturated carbocycles. The maximum Gasteiger partial charge on any atom is 0.273 e. The Labute approximate surface area is 212 Å². The van der Waals surface area contributed by atoms with E-state index in [2.05, 4.69) is 53.7 Å². The third-order valence-electron chi connectivity index (χ3n) is 5.86. The second-order valence-electron chi connectivity index (χ2n) is 9.30. The normalized spacial score (nSPS) is 11.6. The number of carbonyl (C=O) groups is 2. The largest absolute Gasteiger partial charge is 0.273 e. The zero-order valence-corrected chi connectivity index (χ0v) is 21.7. The van der Waals surface area contributed by atoms with Crippen LogP contribution in [0.25, 0.3) is 0 Å². The van der Waals surface area contributed by atoms with E-state index in [1.807, 2.05) is 48.5 Å². The molecule has 3 aromatic rings. The predicted octanol–water partition coefficient (Wildman–Crippen LogP) is 5.47. The van der Waals surface area contributed by atoms with Crippen molar-refractivity contribution in [3.63, 3.8) is 0 Å². The van der Waals surface area contributed by atoms with Crippen molar-refractivity contribution < 1.29 is 9.59 Å². The van der Waals surface area contributed by atoms with E-state index in [1.165, 1.54) is 17.2 Å². The van der Waals surface area contributed by atoms with Gasteiger partial charge in [0.2, 0.25) is 0 Å². The third-order valence-corrected chi connectivity index (χ3v) is 5.86. The van der Waals surface area contributed by atoms with Crippen LogP contribution in [-0.2, 0) is 0 Å². The molecule has 0 unspecified atom stereocenters. The van der Waals surface area contributed by atoms with E-state index in [0.717, 1.165) is 11.1 Å². The van der Waals surface area contributed by atoms with Crippen LogP contribution in [0.15, 0.2) is 64.8 Å². The standard InChI is InChI=1S/C29H33N5O2/c1-18(2)24-11-7-22(8-12-24)16-30-33-28(35)26-15-27(21(6)32-20(26)5)29(36)34-31-17-23-9-13-25(14-10-23)19(3)4/h7-19H,1-6H3,(H,33,35)(H,34,36)/b30-16+,31-17+. The Hall–Kier alpha value is -4.13. The van der Waals surface area contributed by atoms with Gasteiger partial charge in [-0.3, -0.25) is 14.6 Å². The molecule has 0 spiro atoms. The van der Waals surface area contributed by atoms with Crippen LogP contribution in [0, 0.1) is 13.8 Å². The number of hydrazone groups is 2. The highest BCUT2D eigenvalue weighted by Crippen LogP contribution is 2.16. The molecule has 0 fully saturated rings. The Bertz CT molecular complexity index is 1180. The van der Waals surface area contributed by atoms with E-state index >= 15 is 0 Å². The number of pyridine rings is 1. The summed E-state index contributed by atoms with van der Waals surface area (Å²) in [6.45, 7) is 12.0. The van der Waals surface area contributed by atoms with Gasteiger partial charge in [-0.15, -0.1) is 0 Å². The lowest BCUT2D eigenvalue weighted by molar-refractivity contribution is 0.0954. The van der Waals surface area contributed by atoms with Gasteiger partial charge in [0.1, 0.15) is 0 Å². The summed E-state index contributed by atoms with van der Waals surface area (Å²) in [6.07, 6.45) is 3.16. The van der Waals surface area contributed by atoms with Crippen molar-refractivity contribution in [3.8, 4) is 0 Å². The van der Waals surface area contributed by atoms with Gasteiger partial charge in [0.25, 0.3) is 11.8 Å². The first kappa shape index (κ1) is 26.5. The molecule has 7 heteroatoms. The lowest BCUT2D eigenvalue weighted by Gasteiger charge is -2.09. The fraction of sp³-hybridized carbons (Fsp3) is 0.276. The lowest BCUT2D eigenvalue weighted by atomic mass is 10.0. The molecule has 0 aliphatic carbocycles. The van der Waals surface area contributed by atoms with Gasteiger partial charge < -0.3 is 0 Å². The fourth-order valence-electron chi connectivity index (χ4n) is 3.57. The number of aryl methyl sites for hydroxylation is 2. The highest BCUT2D eigenvalue weighted by Gasteiger charge is 2.17. The molecule has 0 aliphatic heterocycles. The van der Waals surface area contributed by atoms with E-state index in [4.69, 9.17) is 0 Å².